The third kappa shape index (κ3) is 4.27. The largest absolute Gasteiger partial charge is 0.212 e. The van der Waals surface area contributed by atoms with Crippen LogP contribution >= 0.6 is 31.9 Å². The number of alkyl halides is 2. The molecule has 0 saturated carbocycles. The molecule has 0 aromatic heterocycles. The number of halogens is 2. The summed E-state index contributed by atoms with van der Waals surface area (Å²) in [5.74, 6) is 0.120. The number of hydrogen-bond donors (Lipinski definition) is 1. The first kappa shape index (κ1) is 13.9. The van der Waals surface area contributed by atoms with Crippen LogP contribution in [0.15, 0.2) is 0 Å². The predicted molar refractivity (Wildman–Crippen MR) is 63.2 cm³/mol. The van der Waals surface area contributed by atoms with Gasteiger partial charge in [0.1, 0.15) is 0 Å². The fraction of sp³-hybridized carbons (Fsp3) is 1.00. The van der Waals surface area contributed by atoms with E-state index in [4.69, 9.17) is 0 Å². The lowest BCUT2D eigenvalue weighted by molar-refractivity contribution is 0.460. The summed E-state index contributed by atoms with van der Waals surface area (Å²) in [6.45, 7) is 3.59. The third-order valence-corrected chi connectivity index (χ3v) is 5.59. The number of nitrogens with one attached hydrogen (secondary N) is 1. The fourth-order valence-electron chi connectivity index (χ4n) is 0.753. The van der Waals surface area contributed by atoms with Gasteiger partial charge >= 0.3 is 0 Å². The Balaban J connectivity index is 4.61. The molecule has 0 radical (unpaired) electrons. The standard InChI is InChI=1S/C7H15Br2NO2S/c1-3-7(5-8,6-9)10-13(11,12)4-2/h10H,3-6H2,1-2H3. The smallest absolute Gasteiger partial charge is 0.211 e. The zero-order valence-corrected chi connectivity index (χ0v) is 11.8. The van der Waals surface area contributed by atoms with Crippen LogP contribution in [0.25, 0.3) is 0 Å². The van der Waals surface area contributed by atoms with E-state index in [1.807, 2.05) is 6.92 Å². The SMILES string of the molecule is CCC(CBr)(CBr)NS(=O)(=O)CC. The average molecular weight is 337 g/mol. The molecule has 0 aliphatic carbocycles. The van der Waals surface area contributed by atoms with Gasteiger partial charge in [0.15, 0.2) is 0 Å². The molecule has 0 heterocycles. The molecule has 0 unspecified atom stereocenters. The summed E-state index contributed by atoms with van der Waals surface area (Å²) in [7, 11) is -3.12. The van der Waals surface area contributed by atoms with Crippen LogP contribution in [0.5, 0.6) is 0 Å². The summed E-state index contributed by atoms with van der Waals surface area (Å²) in [5, 5.41) is 1.22. The molecule has 0 rings (SSSR count). The quantitative estimate of drug-likeness (QED) is 0.752. The molecule has 1 N–H and O–H groups in total. The van der Waals surface area contributed by atoms with Crippen LogP contribution in [0.3, 0.4) is 0 Å². The molecule has 0 saturated heterocycles. The van der Waals surface area contributed by atoms with E-state index in [9.17, 15) is 8.42 Å². The van der Waals surface area contributed by atoms with E-state index < -0.39 is 15.6 Å². The van der Waals surface area contributed by atoms with Crippen molar-refractivity contribution in [1.29, 1.82) is 0 Å². The van der Waals surface area contributed by atoms with Gasteiger partial charge in [-0.2, -0.15) is 0 Å². The minimum atomic E-state index is -3.12. The van der Waals surface area contributed by atoms with E-state index in [2.05, 4.69) is 36.6 Å². The van der Waals surface area contributed by atoms with E-state index in [1.54, 1.807) is 6.92 Å². The average Bonchev–Trinajstić information content (AvgIpc) is 2.14. The first-order valence-electron chi connectivity index (χ1n) is 4.09. The van der Waals surface area contributed by atoms with Crippen LogP contribution in [0.1, 0.15) is 20.3 Å². The maximum atomic E-state index is 11.3. The van der Waals surface area contributed by atoms with Gasteiger partial charge in [-0.05, 0) is 13.3 Å². The molecule has 0 bridgehead atoms. The van der Waals surface area contributed by atoms with Crippen LogP contribution in [0.2, 0.25) is 0 Å². The van der Waals surface area contributed by atoms with E-state index in [0.29, 0.717) is 10.7 Å². The second-order valence-electron chi connectivity index (χ2n) is 2.91. The van der Waals surface area contributed by atoms with E-state index >= 15 is 0 Å². The first-order valence-corrected chi connectivity index (χ1v) is 7.98. The van der Waals surface area contributed by atoms with E-state index in [-0.39, 0.29) is 5.75 Å². The summed E-state index contributed by atoms with van der Waals surface area (Å²) in [4.78, 5) is 0. The van der Waals surface area contributed by atoms with Crippen molar-refractivity contribution in [3.63, 3.8) is 0 Å². The lowest BCUT2D eigenvalue weighted by Crippen LogP contribution is -2.51. The Bertz CT molecular complexity index is 229. The van der Waals surface area contributed by atoms with Crippen molar-refractivity contribution < 1.29 is 8.42 Å². The van der Waals surface area contributed by atoms with Crippen LogP contribution in [-0.4, -0.2) is 30.4 Å². The maximum absolute atomic E-state index is 11.3. The summed E-state index contributed by atoms with van der Waals surface area (Å²) in [5.41, 5.74) is -0.394. The van der Waals surface area contributed by atoms with Crippen molar-refractivity contribution in [2.75, 3.05) is 16.4 Å². The van der Waals surface area contributed by atoms with Gasteiger partial charge in [0.05, 0.1) is 11.3 Å². The summed E-state index contributed by atoms with van der Waals surface area (Å²) < 4.78 is 25.4. The molecule has 0 spiro atoms. The molecule has 3 nitrogen and oxygen atoms in total. The normalized spacial score (nSPS) is 13.2. The molecule has 0 aromatic carbocycles. The highest BCUT2D eigenvalue weighted by atomic mass is 79.9. The fourth-order valence-corrected chi connectivity index (χ4v) is 4.22. The minimum absolute atomic E-state index is 0.120. The highest BCUT2D eigenvalue weighted by molar-refractivity contribution is 9.09. The lowest BCUT2D eigenvalue weighted by Gasteiger charge is -2.29. The van der Waals surface area contributed by atoms with Gasteiger partial charge in [-0.1, -0.05) is 38.8 Å². The van der Waals surface area contributed by atoms with Gasteiger partial charge in [0, 0.05) is 10.7 Å². The summed E-state index contributed by atoms with van der Waals surface area (Å²) in [6, 6.07) is 0. The van der Waals surface area contributed by atoms with Gasteiger partial charge in [-0.25, -0.2) is 13.1 Å². The van der Waals surface area contributed by atoms with Crippen LogP contribution in [0.4, 0.5) is 0 Å². The number of rotatable bonds is 6. The van der Waals surface area contributed by atoms with Crippen molar-refractivity contribution >= 4 is 41.9 Å². The summed E-state index contributed by atoms with van der Waals surface area (Å²) >= 11 is 6.64. The lowest BCUT2D eigenvalue weighted by atomic mass is 10.0. The summed E-state index contributed by atoms with van der Waals surface area (Å²) in [6.07, 6.45) is 0.753. The zero-order chi connectivity index (χ0) is 10.5. The highest BCUT2D eigenvalue weighted by Crippen LogP contribution is 2.18. The minimum Gasteiger partial charge on any atom is -0.212 e. The van der Waals surface area contributed by atoms with Gasteiger partial charge in [0.25, 0.3) is 0 Å². The number of hydrogen-bond acceptors (Lipinski definition) is 2. The van der Waals surface area contributed by atoms with E-state index in [0.717, 1.165) is 6.42 Å². The van der Waals surface area contributed by atoms with Crippen LogP contribution in [0, 0.1) is 0 Å². The molecule has 0 aliphatic heterocycles. The van der Waals surface area contributed by atoms with Gasteiger partial charge in [-0.3, -0.25) is 0 Å². The Morgan fingerprint density at radius 1 is 1.23 bits per heavy atom. The Hall–Kier alpha value is 0.870. The predicted octanol–water partition coefficient (Wildman–Crippen LogP) is 1.86. The molecule has 0 amide bonds. The van der Waals surface area contributed by atoms with Gasteiger partial charge < -0.3 is 0 Å². The monoisotopic (exact) mass is 335 g/mol. The molecule has 0 atom stereocenters. The molecule has 0 aromatic rings. The molecule has 80 valence electrons. The molecule has 0 aliphatic rings. The number of sulfonamides is 1. The maximum Gasteiger partial charge on any atom is 0.211 e. The molecular weight excluding hydrogens is 322 g/mol. The van der Waals surface area contributed by atoms with E-state index in [1.165, 1.54) is 0 Å². The Labute approximate surface area is 97.0 Å². The second kappa shape index (κ2) is 5.68. The topological polar surface area (TPSA) is 46.2 Å². The van der Waals surface area contributed by atoms with Crippen molar-refractivity contribution in [1.82, 2.24) is 4.72 Å². The first-order chi connectivity index (χ1) is 5.95. The van der Waals surface area contributed by atoms with Crippen molar-refractivity contribution in [3.8, 4) is 0 Å². The van der Waals surface area contributed by atoms with Gasteiger partial charge in [-0.15, -0.1) is 0 Å². The highest BCUT2D eigenvalue weighted by Gasteiger charge is 2.29. The zero-order valence-electron chi connectivity index (χ0n) is 7.81. The Kier molecular flexibility index (Phi) is 6.06. The van der Waals surface area contributed by atoms with Gasteiger partial charge in [0.2, 0.25) is 10.0 Å². The van der Waals surface area contributed by atoms with Crippen LogP contribution < -0.4 is 4.72 Å². The molecular formula is C7H15Br2NO2S. The Morgan fingerprint density at radius 2 is 1.69 bits per heavy atom. The second-order valence-corrected chi connectivity index (χ2v) is 6.04. The van der Waals surface area contributed by atoms with Crippen LogP contribution in [-0.2, 0) is 10.0 Å². The van der Waals surface area contributed by atoms with Crippen molar-refractivity contribution in [3.05, 3.63) is 0 Å². The molecule has 13 heavy (non-hydrogen) atoms. The molecule has 6 heteroatoms. The third-order valence-electron chi connectivity index (χ3n) is 1.94. The van der Waals surface area contributed by atoms with Crippen molar-refractivity contribution in [2.45, 2.75) is 25.8 Å². The van der Waals surface area contributed by atoms with Crippen molar-refractivity contribution in [2.24, 2.45) is 0 Å². The molecule has 0 fully saturated rings. The Morgan fingerprint density at radius 3 is 1.92 bits per heavy atom.